The Hall–Kier alpha value is -1.43. The lowest BCUT2D eigenvalue weighted by atomic mass is 10.0. The third kappa shape index (κ3) is 44.1. The zero-order valence-electron chi connectivity index (χ0n) is 38.9. The van der Waals surface area contributed by atoms with Crippen molar-refractivity contribution in [2.75, 3.05) is 6.61 Å². The molecule has 1 amide bonds. The fraction of sp³-hybridized carbons (Fsp3) is 0.868. The number of hydrogen-bond donors (Lipinski definition) is 4. The molecule has 0 aliphatic heterocycles. The molecule has 0 fully saturated rings. The highest BCUT2D eigenvalue weighted by Crippen LogP contribution is 2.17. The second-order valence-corrected chi connectivity index (χ2v) is 17.8. The van der Waals surface area contributed by atoms with E-state index in [0.29, 0.717) is 6.42 Å². The largest absolute Gasteiger partial charge is 0.394 e. The predicted molar refractivity (Wildman–Crippen MR) is 254 cm³/mol. The van der Waals surface area contributed by atoms with Gasteiger partial charge in [0, 0.05) is 0 Å². The molecule has 0 aliphatic rings. The first kappa shape index (κ1) is 56.6. The van der Waals surface area contributed by atoms with Crippen molar-refractivity contribution in [3.63, 3.8) is 0 Å². The summed E-state index contributed by atoms with van der Waals surface area (Å²) in [6.45, 7) is 4.19. The van der Waals surface area contributed by atoms with Crippen molar-refractivity contribution in [3.05, 3.63) is 36.5 Å². The number of hydrogen-bond acceptors (Lipinski definition) is 4. The van der Waals surface area contributed by atoms with Crippen LogP contribution in [0.1, 0.15) is 271 Å². The summed E-state index contributed by atoms with van der Waals surface area (Å²) in [5, 5.41) is 33.3. The van der Waals surface area contributed by atoms with Gasteiger partial charge in [0.15, 0.2) is 0 Å². The monoisotopic (exact) mass is 816 g/mol. The third-order valence-corrected chi connectivity index (χ3v) is 11.9. The van der Waals surface area contributed by atoms with Gasteiger partial charge >= 0.3 is 0 Å². The van der Waals surface area contributed by atoms with E-state index in [0.717, 1.165) is 38.5 Å². The Morgan fingerprint density at radius 1 is 0.431 bits per heavy atom. The van der Waals surface area contributed by atoms with Gasteiger partial charge in [-0.05, 0) is 44.9 Å². The quantitative estimate of drug-likeness (QED) is 0.0364. The Kier molecular flexibility index (Phi) is 47.0. The molecule has 5 nitrogen and oxygen atoms in total. The SMILES string of the molecule is CCCCCC/C=C/CC/C=C/CC/C=C/C(O)C(CO)NC(=O)CC(O)CCCCCCCCCCCCCCCCCCCCCCCCCCCCCCC. The van der Waals surface area contributed by atoms with Crippen LogP contribution >= 0.6 is 0 Å². The summed E-state index contributed by atoms with van der Waals surface area (Å²) in [5.74, 6) is -0.327. The fourth-order valence-electron chi connectivity index (χ4n) is 7.96. The molecule has 0 spiro atoms. The average molecular weight is 816 g/mol. The number of aliphatic hydroxyl groups excluding tert-OH is 3. The van der Waals surface area contributed by atoms with E-state index in [1.165, 1.54) is 205 Å². The minimum Gasteiger partial charge on any atom is -0.394 e. The molecule has 0 rings (SSSR count). The number of carbonyl (C=O) groups excluding carboxylic acids is 1. The van der Waals surface area contributed by atoms with Crippen molar-refractivity contribution in [3.8, 4) is 0 Å². The summed E-state index contributed by atoms with van der Waals surface area (Å²) in [6, 6.07) is -0.765. The van der Waals surface area contributed by atoms with E-state index < -0.39 is 18.2 Å². The van der Waals surface area contributed by atoms with Crippen molar-refractivity contribution >= 4 is 5.91 Å². The van der Waals surface area contributed by atoms with Crippen LogP contribution in [0.25, 0.3) is 0 Å². The molecule has 3 unspecified atom stereocenters. The lowest BCUT2D eigenvalue weighted by Gasteiger charge is -2.21. The van der Waals surface area contributed by atoms with E-state index in [4.69, 9.17) is 0 Å². The van der Waals surface area contributed by atoms with Crippen molar-refractivity contribution in [1.82, 2.24) is 5.32 Å². The van der Waals surface area contributed by atoms with Crippen LogP contribution in [0.4, 0.5) is 0 Å². The van der Waals surface area contributed by atoms with Crippen molar-refractivity contribution in [1.29, 1.82) is 0 Å². The van der Waals surface area contributed by atoms with Crippen LogP contribution in [-0.2, 0) is 4.79 Å². The maximum absolute atomic E-state index is 12.5. The van der Waals surface area contributed by atoms with Gasteiger partial charge in [-0.2, -0.15) is 0 Å². The van der Waals surface area contributed by atoms with Crippen molar-refractivity contribution in [2.24, 2.45) is 0 Å². The molecule has 0 aliphatic carbocycles. The fourth-order valence-corrected chi connectivity index (χ4v) is 7.96. The van der Waals surface area contributed by atoms with Gasteiger partial charge in [-0.1, -0.05) is 256 Å². The first-order chi connectivity index (χ1) is 28.5. The molecule has 0 radical (unpaired) electrons. The van der Waals surface area contributed by atoms with Gasteiger partial charge in [0.2, 0.25) is 5.91 Å². The smallest absolute Gasteiger partial charge is 0.222 e. The number of rotatable bonds is 47. The van der Waals surface area contributed by atoms with Crippen LogP contribution in [0.15, 0.2) is 36.5 Å². The molecule has 3 atom stereocenters. The third-order valence-electron chi connectivity index (χ3n) is 11.9. The van der Waals surface area contributed by atoms with E-state index >= 15 is 0 Å². The van der Waals surface area contributed by atoms with Gasteiger partial charge in [-0.3, -0.25) is 4.79 Å². The molecule has 0 aromatic heterocycles. The molecule has 342 valence electrons. The van der Waals surface area contributed by atoms with E-state index in [2.05, 4.69) is 43.5 Å². The predicted octanol–water partition coefficient (Wildman–Crippen LogP) is 15.5. The van der Waals surface area contributed by atoms with Crippen LogP contribution in [0.2, 0.25) is 0 Å². The topological polar surface area (TPSA) is 89.8 Å². The van der Waals surface area contributed by atoms with Crippen LogP contribution in [0.5, 0.6) is 0 Å². The molecule has 0 saturated heterocycles. The van der Waals surface area contributed by atoms with Crippen LogP contribution < -0.4 is 5.32 Å². The van der Waals surface area contributed by atoms with Crippen LogP contribution in [0, 0.1) is 0 Å². The Morgan fingerprint density at radius 2 is 0.741 bits per heavy atom. The van der Waals surface area contributed by atoms with Crippen LogP contribution in [0.3, 0.4) is 0 Å². The van der Waals surface area contributed by atoms with Gasteiger partial charge in [0.25, 0.3) is 0 Å². The molecule has 0 aromatic carbocycles. The molecular weight excluding hydrogens is 715 g/mol. The average Bonchev–Trinajstić information content (AvgIpc) is 3.22. The van der Waals surface area contributed by atoms with Gasteiger partial charge in [-0.25, -0.2) is 0 Å². The number of allylic oxidation sites excluding steroid dienone is 5. The molecule has 0 heterocycles. The van der Waals surface area contributed by atoms with Gasteiger partial charge < -0.3 is 20.6 Å². The van der Waals surface area contributed by atoms with E-state index in [-0.39, 0.29) is 18.9 Å². The lowest BCUT2D eigenvalue weighted by Crippen LogP contribution is -2.45. The molecule has 4 N–H and O–H groups in total. The first-order valence-corrected chi connectivity index (χ1v) is 25.8. The molecule has 58 heavy (non-hydrogen) atoms. The number of aliphatic hydroxyl groups is 3. The summed E-state index contributed by atoms with van der Waals surface area (Å²) < 4.78 is 0. The molecule has 5 heteroatoms. The lowest BCUT2D eigenvalue weighted by molar-refractivity contribution is -0.124. The van der Waals surface area contributed by atoms with E-state index in [9.17, 15) is 20.1 Å². The molecule has 0 aromatic rings. The van der Waals surface area contributed by atoms with Gasteiger partial charge in [-0.15, -0.1) is 0 Å². The van der Waals surface area contributed by atoms with E-state index in [1.54, 1.807) is 6.08 Å². The van der Waals surface area contributed by atoms with Crippen LogP contribution in [-0.4, -0.2) is 46.1 Å². The molecule has 0 saturated carbocycles. The zero-order valence-corrected chi connectivity index (χ0v) is 38.9. The number of nitrogens with one attached hydrogen (secondary N) is 1. The molecular formula is C53H101NO4. The Balaban J connectivity index is 3.54. The number of carbonyl (C=O) groups is 1. The van der Waals surface area contributed by atoms with Crippen molar-refractivity contribution < 1.29 is 20.1 Å². The number of amides is 1. The highest BCUT2D eigenvalue weighted by atomic mass is 16.3. The Morgan fingerprint density at radius 3 is 1.10 bits per heavy atom. The summed E-state index contributed by atoms with van der Waals surface area (Å²) >= 11 is 0. The van der Waals surface area contributed by atoms with Gasteiger partial charge in [0.05, 0.1) is 31.3 Å². The second kappa shape index (κ2) is 48.2. The normalized spacial score (nSPS) is 13.7. The summed E-state index contributed by atoms with van der Waals surface area (Å²) in [5.41, 5.74) is 0. The molecule has 0 bridgehead atoms. The summed E-state index contributed by atoms with van der Waals surface area (Å²) in [4.78, 5) is 12.5. The number of unbranched alkanes of at least 4 members (excludes halogenated alkanes) is 34. The minimum absolute atomic E-state index is 0.00527. The maximum atomic E-state index is 12.5. The standard InChI is InChI=1S/C53H101NO4/c1-3-5-7-9-11-13-15-17-19-20-21-22-23-24-25-26-27-28-29-30-31-32-33-34-36-38-40-42-44-46-50(56)48-53(58)54-51(49-55)52(57)47-45-43-41-39-37-35-18-16-14-12-10-8-6-4-2/h14,16,37,39,45,47,50-52,55-57H,3-13,15,17-36,38,40-44,46,48-49H2,1-2H3,(H,54,58)/b16-14+,39-37+,47-45+. The highest BCUT2D eigenvalue weighted by molar-refractivity contribution is 5.76. The Bertz CT molecular complexity index is 901. The zero-order chi connectivity index (χ0) is 42.3. The first-order valence-electron chi connectivity index (χ1n) is 25.8. The summed E-state index contributed by atoms with van der Waals surface area (Å²) in [6.07, 6.45) is 61.8. The maximum Gasteiger partial charge on any atom is 0.222 e. The highest BCUT2D eigenvalue weighted by Gasteiger charge is 2.20. The van der Waals surface area contributed by atoms with Crippen molar-refractivity contribution in [2.45, 2.75) is 289 Å². The van der Waals surface area contributed by atoms with Gasteiger partial charge in [0.1, 0.15) is 0 Å². The minimum atomic E-state index is -0.958. The Labute approximate surface area is 362 Å². The second-order valence-electron chi connectivity index (χ2n) is 17.8. The summed E-state index contributed by atoms with van der Waals surface area (Å²) in [7, 11) is 0. The van der Waals surface area contributed by atoms with E-state index in [1.807, 2.05) is 6.08 Å².